The number of ketones is 1. The van der Waals surface area contributed by atoms with E-state index in [0.29, 0.717) is 47.4 Å². The van der Waals surface area contributed by atoms with Crippen molar-refractivity contribution in [1.82, 2.24) is 4.98 Å². The van der Waals surface area contributed by atoms with Crippen LogP contribution in [0.2, 0.25) is 0 Å². The van der Waals surface area contributed by atoms with Crippen molar-refractivity contribution in [3.63, 3.8) is 0 Å². The third-order valence-electron chi connectivity index (χ3n) is 8.17. The van der Waals surface area contributed by atoms with E-state index in [2.05, 4.69) is 0 Å². The minimum atomic E-state index is -0.965. The Morgan fingerprint density at radius 2 is 1.83 bits per heavy atom. The first kappa shape index (κ1) is 29.6. The maximum atomic E-state index is 13.9. The molecule has 7 rings (SSSR count). The Bertz CT molecular complexity index is 2020. The molecule has 232 valence electrons. The predicted molar refractivity (Wildman–Crippen MR) is 178 cm³/mol. The fourth-order valence-electron chi connectivity index (χ4n) is 6.01. The van der Waals surface area contributed by atoms with E-state index in [4.69, 9.17) is 19.2 Å². The van der Waals surface area contributed by atoms with Crippen LogP contribution in [0.4, 0.5) is 5.13 Å². The highest BCUT2D eigenvalue weighted by Crippen LogP contribution is 2.46. The molecule has 0 bridgehead atoms. The van der Waals surface area contributed by atoms with E-state index in [9.17, 15) is 14.7 Å². The molecule has 8 nitrogen and oxygen atoms in total. The molecule has 1 aromatic heterocycles. The van der Waals surface area contributed by atoms with Crippen LogP contribution in [0.1, 0.15) is 47.7 Å². The summed E-state index contributed by atoms with van der Waals surface area (Å²) in [5.41, 5.74) is 4.71. The van der Waals surface area contributed by atoms with Gasteiger partial charge in [-0.3, -0.25) is 14.5 Å². The maximum absolute atomic E-state index is 13.9. The normalized spacial score (nSPS) is 18.5. The van der Waals surface area contributed by atoms with Gasteiger partial charge < -0.3 is 19.3 Å². The molecule has 2 atom stereocenters. The summed E-state index contributed by atoms with van der Waals surface area (Å²) in [6, 6.07) is 25.4. The molecule has 1 N–H and O–H groups in total. The summed E-state index contributed by atoms with van der Waals surface area (Å²) in [6.45, 7) is 6.56. The number of carbonyl (C=O) groups is 2. The number of hydrogen-bond acceptors (Lipinski definition) is 8. The minimum absolute atomic E-state index is 0.0141. The highest BCUT2D eigenvalue weighted by atomic mass is 32.1. The van der Waals surface area contributed by atoms with Crippen LogP contribution in [0.15, 0.2) is 90.5 Å². The van der Waals surface area contributed by atoms with Gasteiger partial charge in [0.05, 0.1) is 28.4 Å². The summed E-state index contributed by atoms with van der Waals surface area (Å²) in [5, 5.41) is 12.1. The Morgan fingerprint density at radius 1 is 1.00 bits per heavy atom. The highest BCUT2D eigenvalue weighted by Gasteiger charge is 2.48. The molecule has 1 fully saturated rings. The van der Waals surface area contributed by atoms with Crippen LogP contribution in [-0.4, -0.2) is 34.5 Å². The molecule has 0 aliphatic carbocycles. The number of carbonyl (C=O) groups excluding carboxylic acids is 2. The van der Waals surface area contributed by atoms with Crippen molar-refractivity contribution in [3.8, 4) is 17.2 Å². The number of thiazole rings is 1. The minimum Gasteiger partial charge on any atom is -0.507 e. The van der Waals surface area contributed by atoms with Crippen LogP contribution in [0, 0.1) is 6.92 Å². The van der Waals surface area contributed by atoms with Crippen LogP contribution in [0.25, 0.3) is 16.0 Å². The topological polar surface area (TPSA) is 98.2 Å². The van der Waals surface area contributed by atoms with Crippen molar-refractivity contribution < 1.29 is 28.9 Å². The number of aliphatic hydroxyl groups is 1. The van der Waals surface area contributed by atoms with E-state index < -0.39 is 17.7 Å². The van der Waals surface area contributed by atoms with Crippen molar-refractivity contribution in [3.05, 3.63) is 118 Å². The molecule has 5 aromatic rings. The van der Waals surface area contributed by atoms with Crippen molar-refractivity contribution in [2.45, 2.75) is 45.9 Å². The van der Waals surface area contributed by atoms with Crippen LogP contribution in [0.5, 0.6) is 17.2 Å². The molecule has 46 heavy (non-hydrogen) atoms. The highest BCUT2D eigenvalue weighted by molar-refractivity contribution is 7.22. The summed E-state index contributed by atoms with van der Waals surface area (Å²) in [7, 11) is 0. The molecule has 0 saturated carbocycles. The summed E-state index contributed by atoms with van der Waals surface area (Å²) in [5.74, 6) is -0.0706. The average Bonchev–Trinajstić information content (AvgIpc) is 3.72. The Balaban J connectivity index is 1.36. The molecular formula is C37H32N2O6S. The fourth-order valence-corrected chi connectivity index (χ4v) is 7.10. The lowest BCUT2D eigenvalue weighted by molar-refractivity contribution is -0.132. The van der Waals surface area contributed by atoms with Gasteiger partial charge in [0, 0.05) is 12.0 Å². The maximum Gasteiger partial charge on any atom is 0.301 e. The molecule has 0 radical (unpaired) electrons. The molecule has 1 amide bonds. The first-order valence-corrected chi connectivity index (χ1v) is 16.0. The number of Topliss-reactive ketones (excluding diaryl/α,β-unsaturated/α-hetero) is 1. The number of rotatable bonds is 8. The summed E-state index contributed by atoms with van der Waals surface area (Å²) >= 11 is 1.33. The molecule has 2 aliphatic heterocycles. The number of ether oxygens (including phenoxy) is 3. The van der Waals surface area contributed by atoms with E-state index in [-0.39, 0.29) is 17.4 Å². The van der Waals surface area contributed by atoms with E-state index in [1.807, 2.05) is 75.4 Å². The molecule has 3 heterocycles. The number of fused-ring (bicyclic) bond motifs is 2. The number of amides is 1. The zero-order valence-corrected chi connectivity index (χ0v) is 26.5. The lowest BCUT2D eigenvalue weighted by atomic mass is 9.94. The average molecular weight is 633 g/mol. The van der Waals surface area contributed by atoms with E-state index in [1.54, 1.807) is 30.3 Å². The van der Waals surface area contributed by atoms with Crippen molar-refractivity contribution in [2.24, 2.45) is 0 Å². The quantitative estimate of drug-likeness (QED) is 0.107. The Hall–Kier alpha value is -5.15. The lowest BCUT2D eigenvalue weighted by Gasteiger charge is -2.24. The molecule has 1 saturated heterocycles. The standard InChI is InChI=1S/C37H32N2O6S/c1-4-43-30-19-24(11-15-29(30)44-20-23-8-6-5-7-9-23)33-32(34(40)25-12-14-28-26(18-25)17-22(3)45-28)35(41)36(42)39(33)37-38-27-13-10-21(2)16-31(27)46-37/h5-16,18-19,22,33,40H,4,17,20H2,1-3H3/b34-32+/t22-,33+/m1/s1. The number of aryl methyl sites for hydroxylation is 1. The Kier molecular flexibility index (Phi) is 7.70. The summed E-state index contributed by atoms with van der Waals surface area (Å²) in [4.78, 5) is 33.9. The van der Waals surface area contributed by atoms with E-state index in [1.165, 1.54) is 16.2 Å². The summed E-state index contributed by atoms with van der Waals surface area (Å²) < 4.78 is 18.9. The summed E-state index contributed by atoms with van der Waals surface area (Å²) in [6.07, 6.45) is 0.696. The lowest BCUT2D eigenvalue weighted by Crippen LogP contribution is -2.29. The monoisotopic (exact) mass is 632 g/mol. The molecule has 4 aromatic carbocycles. The van der Waals surface area contributed by atoms with Gasteiger partial charge in [-0.1, -0.05) is 53.8 Å². The zero-order valence-electron chi connectivity index (χ0n) is 25.7. The van der Waals surface area contributed by atoms with Crippen LogP contribution < -0.4 is 19.1 Å². The number of benzene rings is 4. The van der Waals surface area contributed by atoms with Crippen LogP contribution in [0.3, 0.4) is 0 Å². The predicted octanol–water partition coefficient (Wildman–Crippen LogP) is 7.53. The molecule has 0 spiro atoms. The second-order valence-corrected chi connectivity index (χ2v) is 12.5. The van der Waals surface area contributed by atoms with Crippen molar-refractivity contribution in [1.29, 1.82) is 0 Å². The van der Waals surface area contributed by atoms with Gasteiger partial charge in [-0.2, -0.15) is 0 Å². The van der Waals surface area contributed by atoms with Gasteiger partial charge in [0.15, 0.2) is 16.6 Å². The molecular weight excluding hydrogens is 600 g/mol. The van der Waals surface area contributed by atoms with Gasteiger partial charge in [0.25, 0.3) is 5.78 Å². The smallest absolute Gasteiger partial charge is 0.301 e. The third kappa shape index (κ3) is 5.37. The molecule has 9 heteroatoms. The largest absolute Gasteiger partial charge is 0.507 e. The molecule has 2 aliphatic rings. The van der Waals surface area contributed by atoms with Gasteiger partial charge in [-0.25, -0.2) is 4.98 Å². The second-order valence-electron chi connectivity index (χ2n) is 11.5. The van der Waals surface area contributed by atoms with Gasteiger partial charge in [-0.05, 0) is 85.5 Å². The van der Waals surface area contributed by atoms with Gasteiger partial charge in [-0.15, -0.1) is 0 Å². The third-order valence-corrected chi connectivity index (χ3v) is 9.19. The first-order valence-electron chi connectivity index (χ1n) is 15.2. The number of hydrogen-bond donors (Lipinski definition) is 1. The van der Waals surface area contributed by atoms with Gasteiger partial charge >= 0.3 is 5.91 Å². The number of aliphatic hydroxyl groups excluding tert-OH is 1. The zero-order chi connectivity index (χ0) is 31.9. The number of nitrogens with zero attached hydrogens (tertiary/aromatic N) is 2. The van der Waals surface area contributed by atoms with Gasteiger partial charge in [0.2, 0.25) is 0 Å². The van der Waals surface area contributed by atoms with Gasteiger partial charge in [0.1, 0.15) is 24.2 Å². The Morgan fingerprint density at radius 3 is 2.63 bits per heavy atom. The van der Waals surface area contributed by atoms with E-state index in [0.717, 1.165) is 32.7 Å². The van der Waals surface area contributed by atoms with Crippen LogP contribution >= 0.6 is 11.3 Å². The van der Waals surface area contributed by atoms with Crippen molar-refractivity contribution >= 4 is 44.1 Å². The number of aromatic nitrogens is 1. The number of anilines is 1. The fraction of sp³-hybridized carbons (Fsp3) is 0.216. The van der Waals surface area contributed by atoms with E-state index >= 15 is 0 Å². The van der Waals surface area contributed by atoms with Crippen molar-refractivity contribution in [2.75, 3.05) is 11.5 Å². The first-order chi connectivity index (χ1) is 22.3. The van der Waals surface area contributed by atoms with Crippen LogP contribution in [-0.2, 0) is 22.6 Å². The molecule has 0 unspecified atom stereocenters. The second kappa shape index (κ2) is 12.0. The SMILES string of the molecule is CCOc1cc([C@H]2/C(=C(\O)c3ccc4c(c3)C[C@@H](C)O4)C(=O)C(=O)N2c2nc3ccc(C)cc3s2)ccc1OCc1ccccc1. The Labute approximate surface area is 270 Å².